The van der Waals surface area contributed by atoms with Crippen molar-refractivity contribution in [2.75, 3.05) is 0 Å². The number of aldehydes is 1. The Morgan fingerprint density at radius 2 is 1.26 bits per heavy atom. The molecule has 2 nitrogen and oxygen atoms in total. The van der Waals surface area contributed by atoms with Crippen molar-refractivity contribution in [3.8, 4) is 0 Å². The van der Waals surface area contributed by atoms with E-state index in [4.69, 9.17) is 0 Å². The SMILES string of the molecule is O=Cc1ccc(/C=C/c2cc[n+](Cc3ccccc3)cc2)cc1. The van der Waals surface area contributed by atoms with Gasteiger partial charge in [-0.15, -0.1) is 0 Å². The molecular weight excluding hydrogens is 282 g/mol. The summed E-state index contributed by atoms with van der Waals surface area (Å²) >= 11 is 0. The average molecular weight is 300 g/mol. The quantitative estimate of drug-likeness (QED) is 0.515. The summed E-state index contributed by atoms with van der Waals surface area (Å²) in [6.07, 6.45) is 9.15. The summed E-state index contributed by atoms with van der Waals surface area (Å²) in [5.74, 6) is 0. The second-order valence-corrected chi connectivity index (χ2v) is 5.41. The number of carbonyl (C=O) groups is 1. The normalized spacial score (nSPS) is 10.8. The van der Waals surface area contributed by atoms with Crippen molar-refractivity contribution >= 4 is 18.4 Å². The highest BCUT2D eigenvalue weighted by atomic mass is 16.1. The first-order valence-electron chi connectivity index (χ1n) is 7.60. The van der Waals surface area contributed by atoms with Crippen LogP contribution in [0, 0.1) is 0 Å². The van der Waals surface area contributed by atoms with Crippen LogP contribution in [0.3, 0.4) is 0 Å². The highest BCUT2D eigenvalue weighted by Crippen LogP contribution is 2.08. The van der Waals surface area contributed by atoms with E-state index in [2.05, 4.69) is 59.4 Å². The van der Waals surface area contributed by atoms with Crippen LogP contribution in [0.1, 0.15) is 27.0 Å². The molecule has 0 bridgehead atoms. The number of aromatic nitrogens is 1. The maximum absolute atomic E-state index is 10.6. The number of hydrogen-bond donors (Lipinski definition) is 0. The predicted molar refractivity (Wildman–Crippen MR) is 92.9 cm³/mol. The van der Waals surface area contributed by atoms with Crippen molar-refractivity contribution in [2.24, 2.45) is 0 Å². The smallest absolute Gasteiger partial charge is 0.173 e. The van der Waals surface area contributed by atoms with Crippen molar-refractivity contribution in [1.82, 2.24) is 0 Å². The fourth-order valence-corrected chi connectivity index (χ4v) is 2.36. The Morgan fingerprint density at radius 3 is 1.87 bits per heavy atom. The highest BCUT2D eigenvalue weighted by Gasteiger charge is 2.01. The van der Waals surface area contributed by atoms with Gasteiger partial charge in [-0.1, -0.05) is 66.7 Å². The van der Waals surface area contributed by atoms with E-state index in [1.54, 1.807) is 0 Å². The van der Waals surface area contributed by atoms with Gasteiger partial charge in [-0.2, -0.15) is 0 Å². The summed E-state index contributed by atoms with van der Waals surface area (Å²) in [6, 6.07) is 22.1. The topological polar surface area (TPSA) is 20.9 Å². The molecule has 0 saturated heterocycles. The van der Waals surface area contributed by atoms with E-state index >= 15 is 0 Å². The van der Waals surface area contributed by atoms with Crippen LogP contribution < -0.4 is 4.57 Å². The molecule has 2 aromatic carbocycles. The van der Waals surface area contributed by atoms with Crippen LogP contribution in [0.5, 0.6) is 0 Å². The molecule has 0 atom stereocenters. The molecule has 0 aliphatic heterocycles. The van der Waals surface area contributed by atoms with Gasteiger partial charge in [0.1, 0.15) is 6.29 Å². The summed E-state index contributed by atoms with van der Waals surface area (Å²) in [4.78, 5) is 10.6. The number of pyridine rings is 1. The summed E-state index contributed by atoms with van der Waals surface area (Å²) in [5.41, 5.74) is 4.21. The van der Waals surface area contributed by atoms with E-state index in [-0.39, 0.29) is 0 Å². The molecular formula is C21H18NO+. The Hall–Kier alpha value is -3.00. The summed E-state index contributed by atoms with van der Waals surface area (Å²) in [6.45, 7) is 0.873. The number of hydrogen-bond acceptors (Lipinski definition) is 1. The van der Waals surface area contributed by atoms with Gasteiger partial charge in [0.15, 0.2) is 18.9 Å². The summed E-state index contributed by atoms with van der Waals surface area (Å²) < 4.78 is 2.16. The first-order valence-corrected chi connectivity index (χ1v) is 7.60. The van der Waals surface area contributed by atoms with E-state index in [9.17, 15) is 4.79 Å². The van der Waals surface area contributed by atoms with E-state index in [0.29, 0.717) is 5.56 Å². The van der Waals surface area contributed by atoms with Gasteiger partial charge in [-0.05, 0) is 11.1 Å². The van der Waals surface area contributed by atoms with E-state index < -0.39 is 0 Å². The lowest BCUT2D eigenvalue weighted by Crippen LogP contribution is -2.32. The molecule has 0 radical (unpaired) electrons. The first-order chi connectivity index (χ1) is 11.3. The molecule has 112 valence electrons. The number of carbonyl (C=O) groups excluding carboxylic acids is 1. The number of nitrogens with zero attached hydrogens (tertiary/aromatic N) is 1. The number of benzene rings is 2. The third-order valence-corrected chi connectivity index (χ3v) is 3.67. The van der Waals surface area contributed by atoms with Crippen molar-refractivity contribution < 1.29 is 9.36 Å². The molecule has 23 heavy (non-hydrogen) atoms. The molecule has 3 aromatic rings. The van der Waals surface area contributed by atoms with Gasteiger partial charge >= 0.3 is 0 Å². The lowest BCUT2D eigenvalue weighted by molar-refractivity contribution is -0.688. The summed E-state index contributed by atoms with van der Waals surface area (Å²) in [5, 5.41) is 0. The minimum absolute atomic E-state index is 0.698. The van der Waals surface area contributed by atoms with Crippen molar-refractivity contribution in [1.29, 1.82) is 0 Å². The molecule has 3 rings (SSSR count). The van der Waals surface area contributed by atoms with Crippen LogP contribution in [0.4, 0.5) is 0 Å². The van der Waals surface area contributed by atoms with Crippen molar-refractivity contribution in [2.45, 2.75) is 6.54 Å². The van der Waals surface area contributed by atoms with Crippen LogP contribution in [0.15, 0.2) is 79.1 Å². The van der Waals surface area contributed by atoms with Crippen molar-refractivity contribution in [3.05, 3.63) is 101 Å². The Balaban J connectivity index is 1.66. The van der Waals surface area contributed by atoms with Crippen molar-refractivity contribution in [3.63, 3.8) is 0 Å². The molecule has 0 saturated carbocycles. The van der Waals surface area contributed by atoms with Crippen LogP contribution in [-0.4, -0.2) is 6.29 Å². The monoisotopic (exact) mass is 300 g/mol. The molecule has 1 heterocycles. The lowest BCUT2D eigenvalue weighted by atomic mass is 10.1. The highest BCUT2D eigenvalue weighted by molar-refractivity contribution is 5.76. The van der Waals surface area contributed by atoms with E-state index in [1.165, 1.54) is 5.56 Å². The maximum Gasteiger partial charge on any atom is 0.173 e. The lowest BCUT2D eigenvalue weighted by Gasteiger charge is -1.98. The zero-order chi connectivity index (χ0) is 15.9. The minimum Gasteiger partial charge on any atom is -0.298 e. The first kappa shape index (κ1) is 14.9. The Morgan fingerprint density at radius 1 is 0.696 bits per heavy atom. The molecule has 1 aromatic heterocycles. The van der Waals surface area contributed by atoms with Gasteiger partial charge in [0.05, 0.1) is 0 Å². The molecule has 0 N–H and O–H groups in total. The minimum atomic E-state index is 0.698. The third-order valence-electron chi connectivity index (χ3n) is 3.67. The maximum atomic E-state index is 10.6. The second-order valence-electron chi connectivity index (χ2n) is 5.41. The van der Waals surface area contributed by atoms with Gasteiger partial charge in [-0.3, -0.25) is 4.79 Å². The van der Waals surface area contributed by atoms with E-state index in [0.717, 1.165) is 24.0 Å². The average Bonchev–Trinajstić information content (AvgIpc) is 2.62. The Bertz CT molecular complexity index is 788. The third kappa shape index (κ3) is 4.24. The molecule has 0 unspecified atom stereocenters. The van der Waals surface area contributed by atoms with Gasteiger partial charge in [0, 0.05) is 23.3 Å². The van der Waals surface area contributed by atoms with Gasteiger partial charge < -0.3 is 0 Å². The molecule has 0 amide bonds. The van der Waals surface area contributed by atoms with Crippen LogP contribution in [0.25, 0.3) is 12.2 Å². The standard InChI is InChI=1S/C21H18NO/c23-17-21-10-8-18(9-11-21)6-7-19-12-14-22(15-13-19)16-20-4-2-1-3-5-20/h1-15,17H,16H2/q+1/b7-6+. The largest absolute Gasteiger partial charge is 0.298 e. The zero-order valence-corrected chi connectivity index (χ0v) is 12.8. The molecule has 2 heteroatoms. The Labute approximate surface area is 136 Å². The summed E-state index contributed by atoms with van der Waals surface area (Å²) in [7, 11) is 0. The van der Waals surface area contributed by atoms with E-state index in [1.807, 2.05) is 36.4 Å². The Kier molecular flexibility index (Phi) is 4.75. The van der Waals surface area contributed by atoms with Gasteiger partial charge in [0.2, 0.25) is 0 Å². The van der Waals surface area contributed by atoms with Crippen LogP contribution in [-0.2, 0) is 6.54 Å². The molecule has 0 aliphatic carbocycles. The van der Waals surface area contributed by atoms with Crippen LogP contribution in [0.2, 0.25) is 0 Å². The van der Waals surface area contributed by atoms with Crippen LogP contribution >= 0.6 is 0 Å². The molecule has 0 aliphatic rings. The molecule has 0 spiro atoms. The second kappa shape index (κ2) is 7.32. The van der Waals surface area contributed by atoms with Gasteiger partial charge in [0.25, 0.3) is 0 Å². The zero-order valence-electron chi connectivity index (χ0n) is 12.8. The molecule has 0 fully saturated rings. The number of rotatable bonds is 5. The predicted octanol–water partition coefficient (Wildman–Crippen LogP) is 4.01. The van der Waals surface area contributed by atoms with Gasteiger partial charge in [-0.25, -0.2) is 4.57 Å². The fraction of sp³-hybridized carbons (Fsp3) is 0.0476. The fourth-order valence-electron chi connectivity index (χ4n) is 2.36.